The van der Waals surface area contributed by atoms with Crippen molar-refractivity contribution in [1.82, 2.24) is 0 Å². The Kier molecular flexibility index (Phi) is 8.82. The third kappa shape index (κ3) is 6.56. The second-order valence-electron chi connectivity index (χ2n) is 9.10. The molecule has 0 aliphatic carbocycles. The molecule has 36 heavy (non-hydrogen) atoms. The van der Waals surface area contributed by atoms with Crippen LogP contribution >= 0.6 is 0 Å². The van der Waals surface area contributed by atoms with Crippen LogP contribution in [0.25, 0.3) is 0 Å². The average Bonchev–Trinajstić information content (AvgIpc) is 2.89. The summed E-state index contributed by atoms with van der Waals surface area (Å²) < 4.78 is 25.6. The molecule has 0 bridgehead atoms. The van der Waals surface area contributed by atoms with E-state index in [0.29, 0.717) is 31.7 Å². The highest BCUT2D eigenvalue weighted by Gasteiger charge is 2.20. The van der Waals surface area contributed by atoms with Crippen molar-refractivity contribution in [2.45, 2.75) is 39.2 Å². The Balaban J connectivity index is 1.39. The van der Waals surface area contributed by atoms with Gasteiger partial charge >= 0.3 is 5.97 Å². The molecule has 4 rings (SSSR count). The number of aryl methyl sites for hydroxylation is 1. The standard InChI is InChI=1S/C30H35FN2O3/c1-3-35-30(34)17-15-23-14-16-25(21-28(23)31)32(2)22-24-9-7-13-29-27(24)12-8-18-33(29)19-20-36-26-10-5-4-6-11-26/h4-7,9-11,13-14,16,21H,3,8,12,15,17-20,22H2,1-2H3. The highest BCUT2D eigenvalue weighted by molar-refractivity contribution is 5.69. The van der Waals surface area contributed by atoms with Gasteiger partial charge in [-0.2, -0.15) is 0 Å². The summed E-state index contributed by atoms with van der Waals surface area (Å²) in [4.78, 5) is 16.1. The lowest BCUT2D eigenvalue weighted by Crippen LogP contribution is -2.34. The van der Waals surface area contributed by atoms with Gasteiger partial charge in [-0.25, -0.2) is 4.39 Å². The molecular formula is C30H35FN2O3. The summed E-state index contributed by atoms with van der Waals surface area (Å²) in [5.74, 6) is 0.306. The van der Waals surface area contributed by atoms with Gasteiger partial charge < -0.3 is 19.3 Å². The number of carbonyl (C=O) groups is 1. The number of anilines is 2. The van der Waals surface area contributed by atoms with Crippen molar-refractivity contribution >= 4 is 17.3 Å². The monoisotopic (exact) mass is 490 g/mol. The maximum absolute atomic E-state index is 14.8. The number of halogens is 1. The first-order valence-corrected chi connectivity index (χ1v) is 12.7. The third-order valence-corrected chi connectivity index (χ3v) is 6.61. The van der Waals surface area contributed by atoms with Crippen LogP contribution in [0.15, 0.2) is 66.7 Å². The number of benzene rings is 3. The van der Waals surface area contributed by atoms with Crippen molar-refractivity contribution in [2.24, 2.45) is 0 Å². The minimum Gasteiger partial charge on any atom is -0.492 e. The number of ether oxygens (including phenoxy) is 2. The topological polar surface area (TPSA) is 42.0 Å². The molecule has 5 nitrogen and oxygen atoms in total. The molecule has 3 aromatic carbocycles. The minimum absolute atomic E-state index is 0.184. The fourth-order valence-corrected chi connectivity index (χ4v) is 4.74. The van der Waals surface area contributed by atoms with E-state index in [1.54, 1.807) is 19.1 Å². The molecule has 3 aromatic rings. The van der Waals surface area contributed by atoms with Gasteiger partial charge in [0.2, 0.25) is 0 Å². The molecule has 0 amide bonds. The molecule has 1 heterocycles. The van der Waals surface area contributed by atoms with Crippen molar-refractivity contribution in [3.63, 3.8) is 0 Å². The lowest BCUT2D eigenvalue weighted by Gasteiger charge is -2.33. The van der Waals surface area contributed by atoms with Gasteiger partial charge in [0, 0.05) is 37.9 Å². The van der Waals surface area contributed by atoms with Gasteiger partial charge in [0.1, 0.15) is 18.2 Å². The fourth-order valence-electron chi connectivity index (χ4n) is 4.74. The average molecular weight is 491 g/mol. The normalized spacial score (nSPS) is 12.7. The Morgan fingerprint density at radius 3 is 2.67 bits per heavy atom. The molecule has 0 saturated heterocycles. The number of rotatable bonds is 11. The van der Waals surface area contributed by atoms with Crippen LogP contribution < -0.4 is 14.5 Å². The molecule has 0 aromatic heterocycles. The summed E-state index contributed by atoms with van der Waals surface area (Å²) in [6, 6.07) is 21.6. The molecule has 0 fully saturated rings. The Morgan fingerprint density at radius 1 is 1.06 bits per heavy atom. The molecule has 1 aliphatic heterocycles. The van der Waals surface area contributed by atoms with Gasteiger partial charge in [0.05, 0.1) is 13.2 Å². The number of hydrogen-bond donors (Lipinski definition) is 0. The molecule has 0 N–H and O–H groups in total. The molecule has 0 spiro atoms. The van der Waals surface area contributed by atoms with Crippen molar-refractivity contribution in [3.05, 3.63) is 89.2 Å². The Bertz CT molecular complexity index is 1150. The molecule has 1 aliphatic rings. The van der Waals surface area contributed by atoms with E-state index in [9.17, 15) is 9.18 Å². The van der Waals surface area contributed by atoms with E-state index in [2.05, 4.69) is 28.0 Å². The molecule has 6 heteroatoms. The molecule has 0 unspecified atom stereocenters. The lowest BCUT2D eigenvalue weighted by atomic mass is 9.95. The summed E-state index contributed by atoms with van der Waals surface area (Å²) in [6.45, 7) is 5.29. The van der Waals surface area contributed by atoms with Crippen LogP contribution in [-0.4, -0.2) is 39.3 Å². The molecule has 0 saturated carbocycles. The number of carbonyl (C=O) groups excluding carboxylic acids is 1. The summed E-state index contributed by atoms with van der Waals surface area (Å²) in [6.07, 6.45) is 2.66. The van der Waals surface area contributed by atoms with Crippen LogP contribution in [0.3, 0.4) is 0 Å². The maximum Gasteiger partial charge on any atom is 0.306 e. The predicted molar refractivity (Wildman–Crippen MR) is 142 cm³/mol. The first-order chi connectivity index (χ1) is 17.5. The van der Waals surface area contributed by atoms with Gasteiger partial charge in [0.25, 0.3) is 0 Å². The summed E-state index contributed by atoms with van der Waals surface area (Å²) in [5.41, 5.74) is 5.24. The van der Waals surface area contributed by atoms with Gasteiger partial charge in [0.15, 0.2) is 0 Å². The van der Waals surface area contributed by atoms with Gasteiger partial charge in [-0.05, 0) is 73.2 Å². The number of nitrogens with zero attached hydrogens (tertiary/aromatic N) is 2. The van der Waals surface area contributed by atoms with Crippen LogP contribution in [0, 0.1) is 5.82 Å². The largest absolute Gasteiger partial charge is 0.492 e. The number of para-hydroxylation sites is 1. The Hall–Kier alpha value is -3.54. The minimum atomic E-state index is -0.299. The van der Waals surface area contributed by atoms with Crippen LogP contribution in [0.2, 0.25) is 0 Å². The molecular weight excluding hydrogens is 455 g/mol. The van der Waals surface area contributed by atoms with E-state index < -0.39 is 0 Å². The summed E-state index contributed by atoms with van der Waals surface area (Å²) in [5, 5.41) is 0. The van der Waals surface area contributed by atoms with Crippen molar-refractivity contribution in [1.29, 1.82) is 0 Å². The zero-order valence-corrected chi connectivity index (χ0v) is 21.2. The number of fused-ring (bicyclic) bond motifs is 1. The maximum atomic E-state index is 14.8. The SMILES string of the molecule is CCOC(=O)CCc1ccc(N(C)Cc2cccc3c2CCCN3CCOc2ccccc2)cc1F. The zero-order valence-electron chi connectivity index (χ0n) is 21.2. The zero-order chi connectivity index (χ0) is 25.3. The second kappa shape index (κ2) is 12.4. The van der Waals surface area contributed by atoms with Crippen molar-refractivity contribution in [3.8, 4) is 5.75 Å². The highest BCUT2D eigenvalue weighted by atomic mass is 19.1. The van der Waals surface area contributed by atoms with Gasteiger partial charge in [-0.15, -0.1) is 0 Å². The van der Waals surface area contributed by atoms with Crippen LogP contribution in [0.5, 0.6) is 5.75 Å². The molecule has 0 radical (unpaired) electrons. The van der Waals surface area contributed by atoms with E-state index in [1.165, 1.54) is 16.8 Å². The van der Waals surface area contributed by atoms with Gasteiger partial charge in [-0.1, -0.05) is 36.4 Å². The summed E-state index contributed by atoms with van der Waals surface area (Å²) in [7, 11) is 1.99. The predicted octanol–water partition coefficient (Wildman–Crippen LogP) is 5.79. The Labute approximate surface area is 213 Å². The Morgan fingerprint density at radius 2 is 1.89 bits per heavy atom. The number of esters is 1. The van der Waals surface area contributed by atoms with Crippen molar-refractivity contribution in [2.75, 3.05) is 43.2 Å². The first-order valence-electron chi connectivity index (χ1n) is 12.7. The highest BCUT2D eigenvalue weighted by Crippen LogP contribution is 2.31. The van der Waals surface area contributed by atoms with E-state index in [1.807, 2.05) is 43.4 Å². The van der Waals surface area contributed by atoms with E-state index in [4.69, 9.17) is 9.47 Å². The second-order valence-corrected chi connectivity index (χ2v) is 9.10. The third-order valence-electron chi connectivity index (χ3n) is 6.61. The van der Waals surface area contributed by atoms with E-state index >= 15 is 0 Å². The number of hydrogen-bond acceptors (Lipinski definition) is 5. The van der Waals surface area contributed by atoms with Crippen LogP contribution in [0.4, 0.5) is 15.8 Å². The molecule has 0 atom stereocenters. The van der Waals surface area contributed by atoms with E-state index in [-0.39, 0.29) is 18.2 Å². The molecule has 190 valence electrons. The van der Waals surface area contributed by atoms with Crippen LogP contribution in [0.1, 0.15) is 36.5 Å². The van der Waals surface area contributed by atoms with Gasteiger partial charge in [-0.3, -0.25) is 4.79 Å². The fraction of sp³-hybridized carbons (Fsp3) is 0.367. The quantitative estimate of drug-likeness (QED) is 0.318. The first kappa shape index (κ1) is 25.5. The lowest BCUT2D eigenvalue weighted by molar-refractivity contribution is -0.143. The van der Waals surface area contributed by atoms with Crippen molar-refractivity contribution < 1.29 is 18.7 Å². The smallest absolute Gasteiger partial charge is 0.306 e. The van der Waals surface area contributed by atoms with E-state index in [0.717, 1.165) is 37.4 Å². The summed E-state index contributed by atoms with van der Waals surface area (Å²) >= 11 is 0. The van der Waals surface area contributed by atoms with Crippen LogP contribution in [-0.2, 0) is 28.9 Å².